The van der Waals surface area contributed by atoms with Crippen LogP contribution in [0, 0.1) is 0 Å². The minimum Gasteiger partial charge on any atom is -0.344 e. The van der Waals surface area contributed by atoms with Crippen LogP contribution in [0.25, 0.3) is 0 Å². The Morgan fingerprint density at radius 3 is 1.09 bits per heavy atom. The Kier molecular flexibility index (Phi) is 10.6. The van der Waals surface area contributed by atoms with Gasteiger partial charge in [0.25, 0.3) is 0 Å². The van der Waals surface area contributed by atoms with Gasteiger partial charge in [-0.15, -0.1) is 0 Å². The summed E-state index contributed by atoms with van der Waals surface area (Å²) in [6, 6.07) is 0. The van der Waals surface area contributed by atoms with Crippen LogP contribution in [0.1, 0.15) is 0 Å². The van der Waals surface area contributed by atoms with Gasteiger partial charge in [-0.3, -0.25) is 0 Å². The van der Waals surface area contributed by atoms with Crippen LogP contribution in [0.15, 0.2) is 0 Å². The Balaban J connectivity index is -0.000000107. The molecule has 0 bridgehead atoms. The van der Waals surface area contributed by atoms with Crippen molar-refractivity contribution in [3.8, 4) is 0 Å². The van der Waals surface area contributed by atoms with Crippen LogP contribution in [0.3, 0.4) is 0 Å². The highest BCUT2D eigenvalue weighted by Crippen LogP contribution is 2.39. The van der Waals surface area contributed by atoms with Gasteiger partial charge < -0.3 is 30.6 Å². The Hall–Kier alpha value is 0.990. The molecule has 0 fully saturated rings. The molecule has 0 unspecified atom stereocenters. The van der Waals surface area contributed by atoms with Gasteiger partial charge in [-0.1, -0.05) is 12.2 Å². The van der Waals surface area contributed by atoms with E-state index in [9.17, 15) is 4.57 Å². The lowest BCUT2D eigenvalue weighted by molar-refractivity contribution is 0.363. The van der Waals surface area contributed by atoms with Crippen molar-refractivity contribution >= 4 is 37.6 Å². The molecule has 0 atom stereocenters. The molecule has 0 saturated heterocycles. The molecule has 0 aliphatic carbocycles. The molecule has 7 nitrogen and oxygen atoms in total. The van der Waals surface area contributed by atoms with E-state index in [1.54, 1.807) is 0 Å². The summed E-state index contributed by atoms with van der Waals surface area (Å²) in [4.78, 5) is 37.7. The average Bonchev–Trinajstić information content (AvgIpc) is 1.12. The molecule has 8 N–H and O–H groups in total. The molecular weight excluding hydrogens is 236 g/mol. The summed E-state index contributed by atoms with van der Waals surface area (Å²) >= 11 is 6.39. The molecule has 0 aromatic carbocycles. The highest BCUT2D eigenvalue weighted by Gasteiger charge is 1.97. The summed E-state index contributed by atoms with van der Waals surface area (Å²) < 4.78 is 9.19. The van der Waals surface area contributed by atoms with Gasteiger partial charge in [-0.05, 0) is 11.8 Å². The first-order valence-electron chi connectivity index (χ1n) is 1.57. The molecule has 0 saturated carbocycles. The SMILES string of the molecule is N.O=P(O)(O)S.OP(O)(O)=S. The third kappa shape index (κ3) is 906. The van der Waals surface area contributed by atoms with Crippen molar-refractivity contribution in [2.24, 2.45) is 0 Å². The van der Waals surface area contributed by atoms with Crippen LogP contribution >= 0.6 is 25.8 Å². The predicted molar refractivity (Wildman–Crippen MR) is 47.0 cm³/mol. The Morgan fingerprint density at radius 1 is 1.09 bits per heavy atom. The molecule has 11 heteroatoms. The standard InChI is InChI=1S/H3N.2H3O3PS/c;2*1-4(2,3)5/h1H3;2*(H3,1,2,3,5). The van der Waals surface area contributed by atoms with Gasteiger partial charge in [0.15, 0.2) is 0 Å². The predicted octanol–water partition coefficient (Wildman–Crippen LogP) is -0.641. The average molecular weight is 245 g/mol. The smallest absolute Gasteiger partial charge is 0.344 e. The van der Waals surface area contributed by atoms with E-state index in [0.29, 0.717) is 0 Å². The van der Waals surface area contributed by atoms with Gasteiger partial charge in [0.1, 0.15) is 0 Å². The summed E-state index contributed by atoms with van der Waals surface area (Å²) in [5, 5.41) is 0. The third-order valence-corrected chi connectivity index (χ3v) is 0. The Morgan fingerprint density at radius 2 is 1.09 bits per heavy atom. The Bertz CT molecular complexity index is 131. The van der Waals surface area contributed by atoms with E-state index in [2.05, 4.69) is 24.1 Å². The molecule has 0 heterocycles. The lowest BCUT2D eigenvalue weighted by Gasteiger charge is -1.88. The number of hydrogen-bond acceptors (Lipinski definition) is 3. The van der Waals surface area contributed by atoms with Crippen molar-refractivity contribution in [3.05, 3.63) is 0 Å². The molecule has 0 aromatic rings. The normalized spacial score (nSPS) is 10.7. The van der Waals surface area contributed by atoms with Crippen LogP contribution in [0.5, 0.6) is 0 Å². The lowest BCUT2D eigenvalue weighted by Crippen LogP contribution is -1.65. The van der Waals surface area contributed by atoms with E-state index in [0.717, 1.165) is 0 Å². The molecule has 0 aliphatic rings. The largest absolute Gasteiger partial charge is 0.380 e. The van der Waals surface area contributed by atoms with Crippen LogP contribution in [-0.4, -0.2) is 24.5 Å². The zero-order chi connectivity index (χ0) is 9.00. The van der Waals surface area contributed by atoms with E-state index in [1.807, 2.05) is 0 Å². The highest BCUT2D eigenvalue weighted by molar-refractivity contribution is 8.43. The second-order valence-electron chi connectivity index (χ2n) is 1.03. The molecule has 11 heavy (non-hydrogen) atoms. The summed E-state index contributed by atoms with van der Waals surface area (Å²) in [6.07, 6.45) is 0. The third-order valence-electron chi connectivity index (χ3n) is 0. The Labute approximate surface area is 73.2 Å². The van der Waals surface area contributed by atoms with Crippen LogP contribution in [0.4, 0.5) is 0 Å². The molecule has 0 aliphatic heterocycles. The minimum absolute atomic E-state index is 0. The maximum absolute atomic E-state index is 9.19. The molecule has 0 rings (SSSR count). The molecule has 72 valence electrons. The lowest BCUT2D eigenvalue weighted by atomic mass is 14.0. The van der Waals surface area contributed by atoms with E-state index >= 15 is 0 Å². The summed E-state index contributed by atoms with van der Waals surface area (Å²) in [7, 11) is 0. The van der Waals surface area contributed by atoms with Gasteiger partial charge in [-0.2, -0.15) is 0 Å². The van der Waals surface area contributed by atoms with E-state index < -0.39 is 13.5 Å². The van der Waals surface area contributed by atoms with Crippen molar-refractivity contribution in [3.63, 3.8) is 0 Å². The molecule has 0 aromatic heterocycles. The van der Waals surface area contributed by atoms with Crippen molar-refractivity contribution in [1.29, 1.82) is 0 Å². The van der Waals surface area contributed by atoms with Gasteiger partial charge in [0, 0.05) is 0 Å². The first kappa shape index (κ1) is 17.9. The minimum atomic E-state index is -3.94. The maximum atomic E-state index is 9.19. The van der Waals surface area contributed by atoms with E-state index in [4.69, 9.17) is 24.5 Å². The van der Waals surface area contributed by atoms with Crippen molar-refractivity contribution in [2.45, 2.75) is 0 Å². The second kappa shape index (κ2) is 6.50. The van der Waals surface area contributed by atoms with Crippen LogP contribution in [-0.2, 0) is 16.4 Å². The van der Waals surface area contributed by atoms with Crippen molar-refractivity contribution in [2.75, 3.05) is 0 Å². The van der Waals surface area contributed by atoms with Gasteiger partial charge >= 0.3 is 13.5 Å². The number of rotatable bonds is 0. The van der Waals surface area contributed by atoms with Crippen molar-refractivity contribution < 1.29 is 29.0 Å². The number of thiol groups is 1. The fourth-order valence-corrected chi connectivity index (χ4v) is 0. The highest BCUT2D eigenvalue weighted by atomic mass is 32.7. The molecular formula is H9NO6P2S2. The van der Waals surface area contributed by atoms with Gasteiger partial charge in [0.2, 0.25) is 0 Å². The fraction of sp³-hybridized carbons (Fsp3) is 0. The van der Waals surface area contributed by atoms with Gasteiger partial charge in [0.05, 0.1) is 0 Å². The van der Waals surface area contributed by atoms with Crippen LogP contribution in [0.2, 0.25) is 0 Å². The van der Waals surface area contributed by atoms with Crippen LogP contribution < -0.4 is 6.15 Å². The molecule has 0 amide bonds. The summed E-state index contributed by atoms with van der Waals surface area (Å²) in [5.41, 5.74) is 0. The van der Waals surface area contributed by atoms with E-state index in [1.165, 1.54) is 0 Å². The monoisotopic (exact) mass is 245 g/mol. The maximum Gasteiger partial charge on any atom is 0.380 e. The molecule has 0 spiro atoms. The summed E-state index contributed by atoms with van der Waals surface area (Å²) in [6.45, 7) is -7.75. The number of hydrogen-bond donors (Lipinski definition) is 7. The second-order valence-corrected chi connectivity index (χ2v) is 6.11. The zero-order valence-corrected chi connectivity index (χ0v) is 8.60. The first-order chi connectivity index (χ1) is 4.00. The topological polar surface area (TPSA) is 153 Å². The fourth-order valence-electron chi connectivity index (χ4n) is 0. The first-order valence-corrected chi connectivity index (χ1v) is 6.99. The van der Waals surface area contributed by atoms with E-state index in [-0.39, 0.29) is 6.15 Å². The quantitative estimate of drug-likeness (QED) is 0.219. The molecule has 0 radical (unpaired) electrons. The summed E-state index contributed by atoms with van der Waals surface area (Å²) in [5.74, 6) is 0. The zero-order valence-electron chi connectivity index (χ0n) is 5.10. The van der Waals surface area contributed by atoms with Gasteiger partial charge in [-0.25, -0.2) is 4.57 Å². The van der Waals surface area contributed by atoms with Crippen molar-refractivity contribution in [1.82, 2.24) is 6.15 Å².